The van der Waals surface area contributed by atoms with E-state index < -0.39 is 19.9 Å². The SMILES string of the molecule is CCCCCCCCCCCCCCCCCC(=O)OCC(COP(=O)(OCC[N+](CC)(CC)CC)OOC)OC(=O)CCCCCCCCCCCCCCCCC. The number of carbonyl (C=O) groups excluding carboxylic acids is 2. The van der Waals surface area contributed by atoms with Crippen molar-refractivity contribution in [3.63, 3.8) is 0 Å². The molecule has 0 N–H and O–H groups in total. The Morgan fingerprint density at radius 1 is 0.475 bits per heavy atom. The van der Waals surface area contributed by atoms with Crippen molar-refractivity contribution in [3.8, 4) is 0 Å². The Kier molecular flexibility index (Phi) is 41.5. The highest BCUT2D eigenvalue weighted by molar-refractivity contribution is 7.48. The number of likely N-dealkylation sites (N-methyl/N-ethyl adjacent to an activating group) is 1. The van der Waals surface area contributed by atoms with Gasteiger partial charge in [0, 0.05) is 12.8 Å². The molecular formula is C48H97NO9P+. The van der Waals surface area contributed by atoms with Crippen LogP contribution in [0.25, 0.3) is 0 Å². The molecule has 0 saturated carbocycles. The van der Waals surface area contributed by atoms with Crippen molar-refractivity contribution in [2.24, 2.45) is 0 Å². The van der Waals surface area contributed by atoms with E-state index in [9.17, 15) is 14.2 Å². The Hall–Kier alpha value is -1.03. The van der Waals surface area contributed by atoms with Crippen LogP contribution in [-0.4, -0.2) is 75.6 Å². The Balaban J connectivity index is 4.67. The number of hydrogen-bond acceptors (Lipinski definition) is 9. The summed E-state index contributed by atoms with van der Waals surface area (Å²) in [6.07, 6.45) is 37.2. The molecule has 0 spiro atoms. The van der Waals surface area contributed by atoms with Crippen molar-refractivity contribution in [2.45, 2.75) is 246 Å². The molecule has 2 unspecified atom stereocenters. The maximum Gasteiger partial charge on any atom is 0.502 e. The summed E-state index contributed by atoms with van der Waals surface area (Å²) in [4.78, 5) is 30.3. The maximum atomic E-state index is 13.4. The molecule has 0 bridgehead atoms. The summed E-state index contributed by atoms with van der Waals surface area (Å²) in [7, 11) is -2.91. The van der Waals surface area contributed by atoms with Gasteiger partial charge in [-0.1, -0.05) is 194 Å². The van der Waals surface area contributed by atoms with Gasteiger partial charge in [-0.05, 0) is 33.6 Å². The molecule has 11 heteroatoms. The average Bonchev–Trinajstić information content (AvgIpc) is 3.23. The largest absolute Gasteiger partial charge is 0.502 e. The zero-order valence-electron chi connectivity index (χ0n) is 39.7. The van der Waals surface area contributed by atoms with E-state index in [-0.39, 0.29) is 32.2 Å². The number of ether oxygens (including phenoxy) is 2. The van der Waals surface area contributed by atoms with E-state index in [1.807, 2.05) is 0 Å². The van der Waals surface area contributed by atoms with Crippen molar-refractivity contribution in [3.05, 3.63) is 0 Å². The van der Waals surface area contributed by atoms with Gasteiger partial charge in [0.05, 0.1) is 33.4 Å². The van der Waals surface area contributed by atoms with Crippen molar-refractivity contribution in [1.29, 1.82) is 0 Å². The fourth-order valence-corrected chi connectivity index (χ4v) is 8.74. The monoisotopic (exact) mass is 863 g/mol. The summed E-state index contributed by atoms with van der Waals surface area (Å²) in [6, 6.07) is 0. The van der Waals surface area contributed by atoms with Gasteiger partial charge in [0.15, 0.2) is 6.10 Å². The minimum absolute atomic E-state index is 0.133. The number of phosphoric acid groups is 1. The lowest BCUT2D eigenvalue weighted by molar-refractivity contribution is -0.923. The van der Waals surface area contributed by atoms with Gasteiger partial charge in [0.1, 0.15) is 19.8 Å². The van der Waals surface area contributed by atoms with Crippen LogP contribution >= 0.6 is 7.82 Å². The maximum absolute atomic E-state index is 13.4. The third kappa shape index (κ3) is 36.2. The van der Waals surface area contributed by atoms with E-state index in [2.05, 4.69) is 34.6 Å². The highest BCUT2D eigenvalue weighted by Gasteiger charge is 2.33. The lowest BCUT2D eigenvalue weighted by Gasteiger charge is -2.35. The zero-order valence-corrected chi connectivity index (χ0v) is 40.6. The predicted molar refractivity (Wildman–Crippen MR) is 244 cm³/mol. The lowest BCUT2D eigenvalue weighted by atomic mass is 10.0. The van der Waals surface area contributed by atoms with Gasteiger partial charge < -0.3 is 14.0 Å². The van der Waals surface area contributed by atoms with Gasteiger partial charge in [0.25, 0.3) is 0 Å². The molecule has 0 aromatic carbocycles. The van der Waals surface area contributed by atoms with E-state index in [0.717, 1.165) is 62.6 Å². The number of hydrogen-bond donors (Lipinski definition) is 0. The minimum atomic E-state index is -4.15. The Labute approximate surface area is 364 Å². The molecule has 0 aliphatic rings. The lowest BCUT2D eigenvalue weighted by Crippen LogP contribution is -2.49. The molecular weight excluding hydrogens is 765 g/mol. The molecule has 0 radical (unpaired) electrons. The number of phosphoric ester groups is 1. The molecule has 0 aromatic rings. The normalized spacial score (nSPS) is 13.4. The molecule has 0 heterocycles. The second kappa shape index (κ2) is 42.3. The highest BCUT2D eigenvalue weighted by Crippen LogP contribution is 2.49. The number of rotatable bonds is 47. The first-order chi connectivity index (χ1) is 28.7. The van der Waals surface area contributed by atoms with Crippen LogP contribution in [0.1, 0.15) is 240 Å². The molecule has 10 nitrogen and oxygen atoms in total. The number of quaternary nitrogens is 1. The topological polar surface area (TPSA) is 107 Å². The van der Waals surface area contributed by atoms with E-state index in [1.54, 1.807) is 0 Å². The molecule has 2 atom stereocenters. The number of unbranched alkanes of at least 4 members (excludes halogenated alkanes) is 28. The van der Waals surface area contributed by atoms with Gasteiger partial charge in [-0.2, -0.15) is 0 Å². The van der Waals surface area contributed by atoms with Crippen LogP contribution in [0.15, 0.2) is 0 Å². The fourth-order valence-electron chi connectivity index (χ4n) is 7.74. The summed E-state index contributed by atoms with van der Waals surface area (Å²) in [6.45, 7) is 13.9. The molecule has 0 fully saturated rings. The average molecular weight is 863 g/mol. The summed E-state index contributed by atoms with van der Waals surface area (Å²) >= 11 is 0. The smallest absolute Gasteiger partial charge is 0.462 e. The number of carbonyl (C=O) groups is 2. The Morgan fingerprint density at radius 3 is 1.19 bits per heavy atom. The van der Waals surface area contributed by atoms with E-state index in [0.29, 0.717) is 13.0 Å². The molecule has 352 valence electrons. The standard InChI is InChI=1S/C48H97NO9P/c1-7-12-14-16-18-20-22-24-26-28-30-32-34-36-38-40-47(50)54-44-46(45-56-59(52,58-53-6)55-43-42-49(9-3,10-4)11-5)57-48(51)41-39-37-35-33-31-29-27-25-23-21-19-17-15-13-8-2/h46H,7-45H2,1-6H3/q+1. The molecule has 0 aliphatic carbocycles. The molecule has 0 rings (SSSR count). The molecule has 0 aromatic heterocycles. The van der Waals surface area contributed by atoms with Crippen molar-refractivity contribution >= 4 is 19.8 Å². The van der Waals surface area contributed by atoms with Crippen LogP contribution in [0.3, 0.4) is 0 Å². The van der Waals surface area contributed by atoms with Gasteiger partial charge in [0.2, 0.25) is 0 Å². The van der Waals surface area contributed by atoms with E-state index in [1.165, 1.54) is 161 Å². The summed E-state index contributed by atoms with van der Waals surface area (Å²) in [5.74, 6) is -0.741. The van der Waals surface area contributed by atoms with Crippen LogP contribution in [0.4, 0.5) is 0 Å². The first-order valence-corrected chi connectivity index (χ1v) is 26.5. The second-order valence-electron chi connectivity index (χ2n) is 17.0. The van der Waals surface area contributed by atoms with Crippen LogP contribution in [-0.2, 0) is 42.2 Å². The van der Waals surface area contributed by atoms with Crippen LogP contribution in [0, 0.1) is 0 Å². The van der Waals surface area contributed by atoms with Crippen LogP contribution in [0.2, 0.25) is 0 Å². The molecule has 0 aliphatic heterocycles. The van der Waals surface area contributed by atoms with Crippen LogP contribution in [0.5, 0.6) is 0 Å². The molecule has 59 heavy (non-hydrogen) atoms. The number of esters is 2. The van der Waals surface area contributed by atoms with Gasteiger partial charge in [-0.25, -0.2) is 9.45 Å². The first-order valence-electron chi connectivity index (χ1n) is 25.0. The van der Waals surface area contributed by atoms with Gasteiger partial charge in [-0.3, -0.25) is 18.6 Å². The van der Waals surface area contributed by atoms with Gasteiger partial charge in [-0.15, -0.1) is 4.67 Å². The number of nitrogens with zero attached hydrogens (tertiary/aromatic N) is 1. The van der Waals surface area contributed by atoms with Gasteiger partial charge >= 0.3 is 19.8 Å². The Morgan fingerprint density at radius 2 is 0.831 bits per heavy atom. The molecule has 0 saturated heterocycles. The van der Waals surface area contributed by atoms with Crippen molar-refractivity contribution < 1.29 is 46.7 Å². The third-order valence-electron chi connectivity index (χ3n) is 12.1. The van der Waals surface area contributed by atoms with E-state index in [4.69, 9.17) is 28.1 Å². The predicted octanol–water partition coefficient (Wildman–Crippen LogP) is 14.6. The Bertz CT molecular complexity index is 972. The summed E-state index contributed by atoms with van der Waals surface area (Å²) in [5, 5.41) is 0. The first kappa shape index (κ1) is 58.0. The zero-order chi connectivity index (χ0) is 43.6. The summed E-state index contributed by atoms with van der Waals surface area (Å²) in [5.41, 5.74) is 0. The highest BCUT2D eigenvalue weighted by atomic mass is 31.2. The third-order valence-corrected chi connectivity index (χ3v) is 13.4. The second-order valence-corrected chi connectivity index (χ2v) is 18.6. The molecule has 0 amide bonds. The van der Waals surface area contributed by atoms with Crippen molar-refractivity contribution in [1.82, 2.24) is 0 Å². The fraction of sp³-hybridized carbons (Fsp3) is 0.958. The summed E-state index contributed by atoms with van der Waals surface area (Å²) < 4.78 is 41.7. The van der Waals surface area contributed by atoms with E-state index >= 15 is 0 Å². The van der Waals surface area contributed by atoms with Crippen LogP contribution < -0.4 is 0 Å². The minimum Gasteiger partial charge on any atom is -0.462 e. The quantitative estimate of drug-likeness (QED) is 0.0148. The van der Waals surface area contributed by atoms with Crippen molar-refractivity contribution in [2.75, 3.05) is 53.1 Å².